The molecule has 0 radical (unpaired) electrons. The van der Waals surface area contributed by atoms with Crippen molar-refractivity contribution in [3.8, 4) is 0 Å². The first-order chi connectivity index (χ1) is 9.90. The second kappa shape index (κ2) is 6.39. The highest BCUT2D eigenvalue weighted by molar-refractivity contribution is 6.33. The molecule has 2 rings (SSSR count). The van der Waals surface area contributed by atoms with Crippen molar-refractivity contribution >= 4 is 17.3 Å². The van der Waals surface area contributed by atoms with Gasteiger partial charge in [-0.2, -0.15) is 13.2 Å². The molecule has 5 heteroatoms. The van der Waals surface area contributed by atoms with Crippen LogP contribution in [0.5, 0.6) is 0 Å². The molecule has 0 aromatic heterocycles. The smallest absolute Gasteiger partial charge is 0.380 e. The average molecular weight is 314 g/mol. The highest BCUT2D eigenvalue weighted by Gasteiger charge is 2.30. The van der Waals surface area contributed by atoms with Crippen LogP contribution in [0, 0.1) is 0 Å². The molecule has 0 saturated carbocycles. The molecule has 0 amide bonds. The van der Waals surface area contributed by atoms with E-state index in [1.54, 1.807) is 0 Å². The van der Waals surface area contributed by atoms with Crippen molar-refractivity contribution in [2.75, 3.05) is 5.32 Å². The van der Waals surface area contributed by atoms with Crippen LogP contribution in [0.4, 0.5) is 18.9 Å². The summed E-state index contributed by atoms with van der Waals surface area (Å²) in [4.78, 5) is 0. The molecule has 0 fully saturated rings. The Morgan fingerprint density at radius 2 is 1.62 bits per heavy atom. The molecule has 0 atom stereocenters. The Morgan fingerprint density at radius 3 is 2.19 bits per heavy atom. The summed E-state index contributed by atoms with van der Waals surface area (Å²) in [6.07, 6.45) is -3.42. The van der Waals surface area contributed by atoms with Crippen LogP contribution in [-0.2, 0) is 19.1 Å². The molecule has 0 unspecified atom stereocenters. The first-order valence-corrected chi connectivity index (χ1v) is 6.96. The van der Waals surface area contributed by atoms with E-state index in [4.69, 9.17) is 11.6 Å². The number of hydrogen-bond acceptors (Lipinski definition) is 1. The fourth-order valence-corrected chi connectivity index (χ4v) is 2.11. The molecular formula is C16H15ClF3N. The van der Waals surface area contributed by atoms with Crippen LogP contribution >= 0.6 is 11.6 Å². The van der Waals surface area contributed by atoms with Crippen LogP contribution in [0.3, 0.4) is 0 Å². The van der Waals surface area contributed by atoms with Crippen LogP contribution in [0.25, 0.3) is 0 Å². The van der Waals surface area contributed by atoms with Gasteiger partial charge < -0.3 is 5.32 Å². The molecule has 0 aliphatic carbocycles. The van der Waals surface area contributed by atoms with Gasteiger partial charge in [0.1, 0.15) is 0 Å². The molecule has 0 heterocycles. The van der Waals surface area contributed by atoms with E-state index in [0.29, 0.717) is 6.54 Å². The van der Waals surface area contributed by atoms with Crippen molar-refractivity contribution in [1.29, 1.82) is 0 Å². The minimum absolute atomic E-state index is 0.271. The van der Waals surface area contributed by atoms with Gasteiger partial charge in [0.25, 0.3) is 0 Å². The lowest BCUT2D eigenvalue weighted by molar-refractivity contribution is -0.137. The normalized spacial score (nSPS) is 11.5. The molecule has 0 bridgehead atoms. The van der Waals surface area contributed by atoms with E-state index in [-0.39, 0.29) is 10.7 Å². The molecule has 1 nitrogen and oxygen atoms in total. The van der Waals surface area contributed by atoms with E-state index in [1.807, 2.05) is 24.3 Å². The van der Waals surface area contributed by atoms with Crippen LogP contribution < -0.4 is 5.32 Å². The number of aryl methyl sites for hydroxylation is 1. The van der Waals surface area contributed by atoms with Gasteiger partial charge in [-0.15, -0.1) is 0 Å². The number of benzene rings is 2. The van der Waals surface area contributed by atoms with Gasteiger partial charge in [0.15, 0.2) is 0 Å². The quantitative estimate of drug-likeness (QED) is 0.782. The number of rotatable bonds is 4. The zero-order chi connectivity index (χ0) is 15.5. The van der Waals surface area contributed by atoms with Crippen molar-refractivity contribution in [3.63, 3.8) is 0 Å². The Balaban J connectivity index is 2.11. The Labute approximate surface area is 126 Å². The van der Waals surface area contributed by atoms with E-state index in [2.05, 4.69) is 12.2 Å². The molecule has 0 aliphatic heterocycles. The number of alkyl halides is 3. The molecule has 2 aromatic carbocycles. The molecule has 0 aliphatic rings. The third-order valence-electron chi connectivity index (χ3n) is 3.21. The van der Waals surface area contributed by atoms with E-state index in [9.17, 15) is 13.2 Å². The summed E-state index contributed by atoms with van der Waals surface area (Å²) in [6, 6.07) is 11.2. The Morgan fingerprint density at radius 1 is 1.00 bits per heavy atom. The SMILES string of the molecule is CCc1ccc(CNc2cc(C(F)(F)F)ccc2Cl)cc1. The Bertz CT molecular complexity index is 606. The number of nitrogens with one attached hydrogen (secondary N) is 1. The van der Waals surface area contributed by atoms with E-state index >= 15 is 0 Å². The van der Waals surface area contributed by atoms with Gasteiger partial charge in [-0.05, 0) is 35.7 Å². The van der Waals surface area contributed by atoms with Crippen molar-refractivity contribution in [2.45, 2.75) is 26.1 Å². The number of hydrogen-bond donors (Lipinski definition) is 1. The highest BCUT2D eigenvalue weighted by atomic mass is 35.5. The monoisotopic (exact) mass is 313 g/mol. The van der Waals surface area contributed by atoms with Gasteiger partial charge in [0.2, 0.25) is 0 Å². The first kappa shape index (κ1) is 15.7. The molecule has 112 valence electrons. The summed E-state index contributed by atoms with van der Waals surface area (Å²) in [5.74, 6) is 0. The average Bonchev–Trinajstić information content (AvgIpc) is 2.45. The van der Waals surface area contributed by atoms with E-state index in [0.717, 1.165) is 24.1 Å². The lowest BCUT2D eigenvalue weighted by atomic mass is 10.1. The van der Waals surface area contributed by atoms with Gasteiger partial charge in [0.05, 0.1) is 16.3 Å². The zero-order valence-electron chi connectivity index (χ0n) is 11.5. The van der Waals surface area contributed by atoms with Gasteiger partial charge in [-0.25, -0.2) is 0 Å². The molecular weight excluding hydrogens is 299 g/mol. The molecule has 1 N–H and O–H groups in total. The maximum Gasteiger partial charge on any atom is 0.416 e. The minimum Gasteiger partial charge on any atom is -0.380 e. The lowest BCUT2D eigenvalue weighted by Crippen LogP contribution is -2.07. The topological polar surface area (TPSA) is 12.0 Å². The largest absolute Gasteiger partial charge is 0.416 e. The van der Waals surface area contributed by atoms with Crippen LogP contribution in [0.1, 0.15) is 23.6 Å². The summed E-state index contributed by atoms with van der Waals surface area (Å²) < 4.78 is 38.0. The Hall–Kier alpha value is -1.68. The van der Waals surface area contributed by atoms with Crippen molar-refractivity contribution in [1.82, 2.24) is 0 Å². The number of halogens is 4. The second-order valence-corrected chi connectivity index (χ2v) is 5.12. The van der Waals surface area contributed by atoms with Crippen LogP contribution in [-0.4, -0.2) is 0 Å². The Kier molecular flexibility index (Phi) is 4.78. The van der Waals surface area contributed by atoms with Gasteiger partial charge in [0, 0.05) is 6.54 Å². The summed E-state index contributed by atoms with van der Waals surface area (Å²) in [5.41, 5.74) is 1.78. The third kappa shape index (κ3) is 4.14. The zero-order valence-corrected chi connectivity index (χ0v) is 12.2. The fraction of sp³-hybridized carbons (Fsp3) is 0.250. The first-order valence-electron chi connectivity index (χ1n) is 6.58. The predicted molar refractivity (Wildman–Crippen MR) is 79.6 cm³/mol. The summed E-state index contributed by atoms with van der Waals surface area (Å²) >= 11 is 5.93. The molecule has 0 saturated heterocycles. The molecule has 0 spiro atoms. The van der Waals surface area contributed by atoms with E-state index in [1.165, 1.54) is 11.6 Å². The standard InChI is InChI=1S/C16H15ClF3N/c1-2-11-3-5-12(6-4-11)10-21-15-9-13(16(18,19)20)7-8-14(15)17/h3-9,21H,2,10H2,1H3. The van der Waals surface area contributed by atoms with Gasteiger partial charge >= 0.3 is 6.18 Å². The maximum absolute atomic E-state index is 12.7. The summed E-state index contributed by atoms with van der Waals surface area (Å²) in [7, 11) is 0. The lowest BCUT2D eigenvalue weighted by Gasteiger charge is -2.12. The second-order valence-electron chi connectivity index (χ2n) is 4.72. The fourth-order valence-electron chi connectivity index (χ4n) is 1.93. The van der Waals surface area contributed by atoms with Gasteiger partial charge in [-0.3, -0.25) is 0 Å². The maximum atomic E-state index is 12.7. The highest BCUT2D eigenvalue weighted by Crippen LogP contribution is 2.33. The summed E-state index contributed by atoms with van der Waals surface area (Å²) in [6.45, 7) is 2.49. The summed E-state index contributed by atoms with van der Waals surface area (Å²) in [5, 5.41) is 3.22. The van der Waals surface area contributed by atoms with Gasteiger partial charge in [-0.1, -0.05) is 42.8 Å². The minimum atomic E-state index is -4.37. The van der Waals surface area contributed by atoms with Crippen molar-refractivity contribution in [3.05, 3.63) is 64.2 Å². The predicted octanol–water partition coefficient (Wildman–Crippen LogP) is 5.53. The number of anilines is 1. The van der Waals surface area contributed by atoms with Crippen LogP contribution in [0.2, 0.25) is 5.02 Å². The van der Waals surface area contributed by atoms with E-state index < -0.39 is 11.7 Å². The third-order valence-corrected chi connectivity index (χ3v) is 3.54. The van der Waals surface area contributed by atoms with Crippen molar-refractivity contribution < 1.29 is 13.2 Å². The van der Waals surface area contributed by atoms with Crippen molar-refractivity contribution in [2.24, 2.45) is 0 Å². The molecule has 21 heavy (non-hydrogen) atoms. The van der Waals surface area contributed by atoms with Crippen LogP contribution in [0.15, 0.2) is 42.5 Å². The molecule has 2 aromatic rings.